The topological polar surface area (TPSA) is 59.0 Å². The third-order valence-electron chi connectivity index (χ3n) is 3.70. The summed E-state index contributed by atoms with van der Waals surface area (Å²) in [6.45, 7) is 2.80. The summed E-state index contributed by atoms with van der Waals surface area (Å²) in [6, 6.07) is 5.64. The zero-order valence-electron chi connectivity index (χ0n) is 11.0. The largest absolute Gasteiger partial charge is 0.352 e. The lowest BCUT2D eigenvalue weighted by atomic mass is 10.1. The molecule has 1 aliphatic heterocycles. The van der Waals surface area contributed by atoms with E-state index in [0.29, 0.717) is 11.5 Å². The number of rotatable bonds is 3. The van der Waals surface area contributed by atoms with Gasteiger partial charge in [0.15, 0.2) is 0 Å². The zero-order valence-corrected chi connectivity index (χ0v) is 11.0. The minimum absolute atomic E-state index is 0.0144. The van der Waals surface area contributed by atoms with Crippen LogP contribution in [0.15, 0.2) is 24.5 Å². The van der Waals surface area contributed by atoms with E-state index < -0.39 is 0 Å². The first-order valence-electron chi connectivity index (χ1n) is 6.64. The highest BCUT2D eigenvalue weighted by Crippen LogP contribution is 2.14. The number of amides is 1. The third-order valence-corrected chi connectivity index (χ3v) is 3.70. The van der Waals surface area contributed by atoms with Gasteiger partial charge >= 0.3 is 0 Å². The van der Waals surface area contributed by atoms with Gasteiger partial charge in [-0.25, -0.2) is 4.98 Å². The first kappa shape index (κ1) is 12.2. The van der Waals surface area contributed by atoms with Crippen LogP contribution >= 0.6 is 0 Å². The van der Waals surface area contributed by atoms with Crippen LogP contribution in [0.5, 0.6) is 0 Å². The predicted octanol–water partition coefficient (Wildman–Crippen LogP) is 0.913. The summed E-state index contributed by atoms with van der Waals surface area (Å²) in [5.74, 6) is 0.544. The van der Waals surface area contributed by atoms with Crippen LogP contribution in [0.25, 0.3) is 11.0 Å². The molecule has 2 heterocycles. The third kappa shape index (κ3) is 2.46. The molecule has 0 saturated carbocycles. The minimum Gasteiger partial charge on any atom is -0.352 e. The maximum absolute atomic E-state index is 12.1. The van der Waals surface area contributed by atoms with E-state index in [9.17, 15) is 4.79 Å². The number of nitrogens with zero attached hydrogens (tertiary/aromatic N) is 2. The van der Waals surface area contributed by atoms with Crippen molar-refractivity contribution >= 4 is 16.9 Å². The molecule has 1 unspecified atom stereocenters. The van der Waals surface area contributed by atoms with Gasteiger partial charge < -0.3 is 15.2 Å². The zero-order chi connectivity index (χ0) is 13.2. The molecule has 1 saturated heterocycles. The van der Waals surface area contributed by atoms with Crippen molar-refractivity contribution in [1.82, 2.24) is 20.2 Å². The number of hydrogen-bond donors (Lipinski definition) is 2. The van der Waals surface area contributed by atoms with E-state index in [1.165, 1.54) is 0 Å². The molecular weight excluding hydrogens is 240 g/mol. The molecule has 100 valence electrons. The van der Waals surface area contributed by atoms with Crippen molar-refractivity contribution in [2.75, 3.05) is 19.6 Å². The van der Waals surface area contributed by atoms with Gasteiger partial charge in [-0.05, 0) is 43.6 Å². The quantitative estimate of drug-likeness (QED) is 0.860. The number of hydrogen-bond acceptors (Lipinski definition) is 3. The van der Waals surface area contributed by atoms with E-state index in [1.807, 2.05) is 29.8 Å². The number of benzene rings is 1. The van der Waals surface area contributed by atoms with Crippen molar-refractivity contribution in [2.24, 2.45) is 13.0 Å². The van der Waals surface area contributed by atoms with Crippen molar-refractivity contribution in [2.45, 2.75) is 6.42 Å². The monoisotopic (exact) mass is 258 g/mol. The van der Waals surface area contributed by atoms with Crippen LogP contribution in [-0.2, 0) is 7.05 Å². The van der Waals surface area contributed by atoms with E-state index >= 15 is 0 Å². The summed E-state index contributed by atoms with van der Waals surface area (Å²) in [7, 11) is 1.95. The fraction of sp³-hybridized carbons (Fsp3) is 0.429. The Kier molecular flexibility index (Phi) is 3.21. The fourth-order valence-corrected chi connectivity index (χ4v) is 2.51. The fourth-order valence-electron chi connectivity index (χ4n) is 2.51. The van der Waals surface area contributed by atoms with Gasteiger partial charge in [0.2, 0.25) is 0 Å². The van der Waals surface area contributed by atoms with Crippen LogP contribution in [0.3, 0.4) is 0 Å². The van der Waals surface area contributed by atoms with Gasteiger partial charge in [0.05, 0.1) is 17.4 Å². The van der Waals surface area contributed by atoms with Gasteiger partial charge in [-0.2, -0.15) is 0 Å². The molecule has 2 aromatic rings. The SMILES string of the molecule is Cn1cnc2cc(C(=O)NCC3CCNC3)ccc21. The highest BCUT2D eigenvalue weighted by Gasteiger charge is 2.16. The Balaban J connectivity index is 1.70. The number of nitrogens with one attached hydrogen (secondary N) is 2. The summed E-state index contributed by atoms with van der Waals surface area (Å²) in [5, 5.41) is 6.30. The Hall–Kier alpha value is -1.88. The number of aromatic nitrogens is 2. The van der Waals surface area contributed by atoms with Crippen LogP contribution in [0, 0.1) is 5.92 Å². The number of imidazole rings is 1. The van der Waals surface area contributed by atoms with Crippen LogP contribution in [0.2, 0.25) is 0 Å². The van der Waals surface area contributed by atoms with E-state index in [-0.39, 0.29) is 5.91 Å². The summed E-state index contributed by atoms with van der Waals surface area (Å²) >= 11 is 0. The highest BCUT2D eigenvalue weighted by molar-refractivity contribution is 5.97. The van der Waals surface area contributed by atoms with Crippen LogP contribution in [0.1, 0.15) is 16.8 Å². The number of carbonyl (C=O) groups is 1. The average molecular weight is 258 g/mol. The Morgan fingerprint density at radius 3 is 3.26 bits per heavy atom. The van der Waals surface area contributed by atoms with Crippen molar-refractivity contribution < 1.29 is 4.79 Å². The van der Waals surface area contributed by atoms with Crippen molar-refractivity contribution in [3.05, 3.63) is 30.1 Å². The van der Waals surface area contributed by atoms with Gasteiger partial charge in [0.1, 0.15) is 0 Å². The Labute approximate surface area is 112 Å². The lowest BCUT2D eigenvalue weighted by molar-refractivity contribution is 0.0948. The molecule has 2 N–H and O–H groups in total. The molecule has 19 heavy (non-hydrogen) atoms. The van der Waals surface area contributed by atoms with E-state index in [2.05, 4.69) is 15.6 Å². The summed E-state index contributed by atoms with van der Waals surface area (Å²) in [5.41, 5.74) is 2.58. The van der Waals surface area contributed by atoms with E-state index in [1.54, 1.807) is 6.33 Å². The molecule has 1 fully saturated rings. The molecule has 1 aromatic heterocycles. The lowest BCUT2D eigenvalue weighted by Gasteiger charge is -2.10. The first-order chi connectivity index (χ1) is 9.24. The smallest absolute Gasteiger partial charge is 0.251 e. The van der Waals surface area contributed by atoms with Crippen molar-refractivity contribution in [3.8, 4) is 0 Å². The van der Waals surface area contributed by atoms with E-state index in [0.717, 1.165) is 37.1 Å². The minimum atomic E-state index is -0.0144. The Morgan fingerprint density at radius 2 is 2.47 bits per heavy atom. The molecule has 0 radical (unpaired) electrons. The van der Waals surface area contributed by atoms with E-state index in [4.69, 9.17) is 0 Å². The van der Waals surface area contributed by atoms with Crippen LogP contribution in [0.4, 0.5) is 0 Å². The van der Waals surface area contributed by atoms with Crippen molar-refractivity contribution in [3.63, 3.8) is 0 Å². The second-order valence-corrected chi connectivity index (χ2v) is 5.13. The summed E-state index contributed by atoms with van der Waals surface area (Å²) in [6.07, 6.45) is 2.90. The molecule has 5 nitrogen and oxygen atoms in total. The van der Waals surface area contributed by atoms with Gasteiger partial charge in [-0.15, -0.1) is 0 Å². The maximum atomic E-state index is 12.1. The molecule has 3 rings (SSSR count). The van der Waals surface area contributed by atoms with Gasteiger partial charge in [0.25, 0.3) is 5.91 Å². The molecule has 5 heteroatoms. The molecular formula is C14H18N4O. The Bertz CT molecular complexity index is 599. The molecule has 1 aliphatic rings. The standard InChI is InChI=1S/C14H18N4O/c1-18-9-17-12-6-11(2-3-13(12)18)14(19)16-8-10-4-5-15-7-10/h2-3,6,9-10,15H,4-5,7-8H2,1H3,(H,16,19). The second-order valence-electron chi connectivity index (χ2n) is 5.13. The number of aryl methyl sites for hydroxylation is 1. The number of fused-ring (bicyclic) bond motifs is 1. The second kappa shape index (κ2) is 5.01. The summed E-state index contributed by atoms with van der Waals surface area (Å²) < 4.78 is 1.95. The van der Waals surface area contributed by atoms with Crippen LogP contribution in [-0.4, -0.2) is 35.1 Å². The molecule has 0 bridgehead atoms. The Morgan fingerprint density at radius 1 is 1.58 bits per heavy atom. The average Bonchev–Trinajstić information content (AvgIpc) is 3.06. The predicted molar refractivity (Wildman–Crippen MR) is 74.0 cm³/mol. The summed E-state index contributed by atoms with van der Waals surface area (Å²) in [4.78, 5) is 16.4. The lowest BCUT2D eigenvalue weighted by Crippen LogP contribution is -2.30. The molecule has 1 atom stereocenters. The molecule has 0 spiro atoms. The van der Waals surface area contributed by atoms with Gasteiger partial charge in [-0.3, -0.25) is 4.79 Å². The normalized spacial score (nSPS) is 18.9. The van der Waals surface area contributed by atoms with Gasteiger partial charge in [-0.1, -0.05) is 0 Å². The molecule has 1 amide bonds. The van der Waals surface area contributed by atoms with Crippen LogP contribution < -0.4 is 10.6 Å². The first-order valence-corrected chi connectivity index (χ1v) is 6.64. The molecule has 1 aromatic carbocycles. The maximum Gasteiger partial charge on any atom is 0.251 e. The van der Waals surface area contributed by atoms with Crippen molar-refractivity contribution in [1.29, 1.82) is 0 Å². The van der Waals surface area contributed by atoms with Gasteiger partial charge in [0, 0.05) is 19.2 Å². The number of carbonyl (C=O) groups excluding carboxylic acids is 1. The molecule has 0 aliphatic carbocycles. The highest BCUT2D eigenvalue weighted by atomic mass is 16.1.